The first-order valence-electron chi connectivity index (χ1n) is 6.58. The van der Waals surface area contributed by atoms with Gasteiger partial charge in [0.1, 0.15) is 0 Å². The summed E-state index contributed by atoms with van der Waals surface area (Å²) >= 11 is 3.58. The number of rotatable bonds is 6. The molecule has 0 aromatic heterocycles. The molecule has 0 amide bonds. The van der Waals surface area contributed by atoms with Gasteiger partial charge in [-0.1, -0.05) is 0 Å². The summed E-state index contributed by atoms with van der Waals surface area (Å²) in [7, 11) is 4.16. The van der Waals surface area contributed by atoms with Crippen LogP contribution in [0.25, 0.3) is 0 Å². The molecule has 1 unspecified atom stereocenters. The van der Waals surface area contributed by atoms with Gasteiger partial charge in [0.05, 0.1) is 5.69 Å². The zero-order valence-electron chi connectivity index (χ0n) is 12.4. The minimum Gasteiger partial charge on any atom is -0.367 e. The standard InChI is InChI=1S/C15H23BrN2O/c1-6-18(11(2)10-17(4)5)15-8-7-13(12(3)19)9-14(15)16/h7-9,11H,6,10H2,1-5H3. The Kier molecular flexibility index (Phi) is 6.01. The van der Waals surface area contributed by atoms with Gasteiger partial charge in [-0.2, -0.15) is 0 Å². The molecule has 0 saturated heterocycles. The van der Waals surface area contributed by atoms with E-state index in [-0.39, 0.29) is 5.78 Å². The van der Waals surface area contributed by atoms with Crippen molar-refractivity contribution < 1.29 is 4.79 Å². The molecule has 0 saturated carbocycles. The van der Waals surface area contributed by atoms with Crippen LogP contribution in [0.3, 0.4) is 0 Å². The van der Waals surface area contributed by atoms with E-state index in [1.165, 1.54) is 0 Å². The van der Waals surface area contributed by atoms with E-state index >= 15 is 0 Å². The van der Waals surface area contributed by atoms with Crippen molar-refractivity contribution in [2.75, 3.05) is 32.1 Å². The summed E-state index contributed by atoms with van der Waals surface area (Å²) in [6.45, 7) is 7.89. The van der Waals surface area contributed by atoms with Crippen LogP contribution in [0.5, 0.6) is 0 Å². The van der Waals surface area contributed by atoms with Gasteiger partial charge in [0.25, 0.3) is 0 Å². The Balaban J connectivity index is 3.02. The van der Waals surface area contributed by atoms with Gasteiger partial charge < -0.3 is 9.80 Å². The fraction of sp³-hybridized carbons (Fsp3) is 0.533. The summed E-state index contributed by atoms with van der Waals surface area (Å²) in [5.74, 6) is 0.0941. The van der Waals surface area contributed by atoms with Crippen molar-refractivity contribution in [3.8, 4) is 0 Å². The molecule has 1 rings (SSSR count). The third-order valence-electron chi connectivity index (χ3n) is 3.17. The molecule has 0 aliphatic rings. The van der Waals surface area contributed by atoms with Gasteiger partial charge in [-0.15, -0.1) is 0 Å². The van der Waals surface area contributed by atoms with E-state index in [1.54, 1.807) is 6.92 Å². The lowest BCUT2D eigenvalue weighted by Crippen LogP contribution is -2.40. The van der Waals surface area contributed by atoms with Crippen LogP contribution in [-0.2, 0) is 0 Å². The Morgan fingerprint density at radius 3 is 2.42 bits per heavy atom. The fourth-order valence-corrected chi connectivity index (χ4v) is 2.91. The average Bonchev–Trinajstić information content (AvgIpc) is 2.30. The molecule has 19 heavy (non-hydrogen) atoms. The van der Waals surface area contributed by atoms with Crippen LogP contribution in [0.1, 0.15) is 31.1 Å². The van der Waals surface area contributed by atoms with Crippen LogP contribution < -0.4 is 4.90 Å². The van der Waals surface area contributed by atoms with Crippen molar-refractivity contribution in [2.45, 2.75) is 26.8 Å². The van der Waals surface area contributed by atoms with Gasteiger partial charge >= 0.3 is 0 Å². The molecule has 0 N–H and O–H groups in total. The lowest BCUT2D eigenvalue weighted by Gasteiger charge is -2.33. The molecular formula is C15H23BrN2O. The van der Waals surface area contributed by atoms with Gasteiger partial charge in [0.15, 0.2) is 5.78 Å². The summed E-state index contributed by atoms with van der Waals surface area (Å²) in [6, 6.07) is 6.24. The van der Waals surface area contributed by atoms with Gasteiger partial charge in [-0.05, 0) is 69.0 Å². The second-order valence-corrected chi connectivity index (χ2v) is 5.97. The van der Waals surface area contributed by atoms with Gasteiger partial charge in [-0.25, -0.2) is 0 Å². The number of anilines is 1. The van der Waals surface area contributed by atoms with E-state index in [0.717, 1.165) is 28.8 Å². The van der Waals surface area contributed by atoms with Crippen LogP contribution in [-0.4, -0.2) is 43.9 Å². The molecule has 0 bridgehead atoms. The Hall–Kier alpha value is -0.870. The molecule has 3 nitrogen and oxygen atoms in total. The van der Waals surface area contributed by atoms with Crippen molar-refractivity contribution in [3.05, 3.63) is 28.2 Å². The summed E-state index contributed by atoms with van der Waals surface area (Å²) in [6.07, 6.45) is 0. The number of carbonyl (C=O) groups is 1. The van der Waals surface area contributed by atoms with E-state index in [1.807, 2.05) is 18.2 Å². The maximum Gasteiger partial charge on any atom is 0.159 e. The summed E-state index contributed by atoms with van der Waals surface area (Å²) in [5.41, 5.74) is 1.88. The normalized spacial score (nSPS) is 12.6. The van der Waals surface area contributed by atoms with Crippen LogP contribution >= 0.6 is 15.9 Å². The van der Waals surface area contributed by atoms with Crippen molar-refractivity contribution in [2.24, 2.45) is 0 Å². The number of carbonyl (C=O) groups excluding carboxylic acids is 1. The Morgan fingerprint density at radius 1 is 1.37 bits per heavy atom. The van der Waals surface area contributed by atoms with E-state index < -0.39 is 0 Å². The minimum absolute atomic E-state index is 0.0941. The fourth-order valence-electron chi connectivity index (χ4n) is 2.31. The number of benzene rings is 1. The highest BCUT2D eigenvalue weighted by Crippen LogP contribution is 2.29. The Labute approximate surface area is 124 Å². The van der Waals surface area contributed by atoms with Crippen LogP contribution in [0.4, 0.5) is 5.69 Å². The molecule has 1 aromatic rings. The molecular weight excluding hydrogens is 304 g/mol. The third kappa shape index (κ3) is 4.32. The second kappa shape index (κ2) is 7.06. The van der Waals surface area contributed by atoms with Gasteiger partial charge in [0.2, 0.25) is 0 Å². The molecule has 0 aliphatic carbocycles. The smallest absolute Gasteiger partial charge is 0.159 e. The SMILES string of the molecule is CCN(c1ccc(C(C)=O)cc1Br)C(C)CN(C)C. The average molecular weight is 327 g/mol. The number of ketones is 1. The lowest BCUT2D eigenvalue weighted by molar-refractivity contribution is 0.101. The molecule has 0 aliphatic heterocycles. The van der Waals surface area contributed by atoms with Crippen molar-refractivity contribution >= 4 is 27.4 Å². The molecule has 106 valence electrons. The zero-order valence-corrected chi connectivity index (χ0v) is 14.0. The monoisotopic (exact) mass is 326 g/mol. The molecule has 1 atom stereocenters. The first-order chi connectivity index (χ1) is 8.86. The van der Waals surface area contributed by atoms with Crippen LogP contribution in [0, 0.1) is 0 Å². The number of hydrogen-bond donors (Lipinski definition) is 0. The predicted molar refractivity (Wildman–Crippen MR) is 85.2 cm³/mol. The maximum atomic E-state index is 11.4. The van der Waals surface area contributed by atoms with E-state index in [0.29, 0.717) is 6.04 Å². The zero-order chi connectivity index (χ0) is 14.6. The van der Waals surface area contributed by atoms with Crippen LogP contribution in [0.15, 0.2) is 22.7 Å². The molecule has 0 fully saturated rings. The largest absolute Gasteiger partial charge is 0.367 e. The minimum atomic E-state index is 0.0941. The Bertz CT molecular complexity index is 446. The number of Topliss-reactive ketones (excluding diaryl/α,β-unsaturated/α-hetero) is 1. The van der Waals surface area contributed by atoms with Crippen molar-refractivity contribution in [3.63, 3.8) is 0 Å². The Morgan fingerprint density at radius 2 is 2.00 bits per heavy atom. The van der Waals surface area contributed by atoms with E-state index in [4.69, 9.17) is 0 Å². The lowest BCUT2D eigenvalue weighted by atomic mass is 10.1. The quantitative estimate of drug-likeness (QED) is 0.748. The topological polar surface area (TPSA) is 23.6 Å². The van der Waals surface area contributed by atoms with Crippen LogP contribution in [0.2, 0.25) is 0 Å². The molecule has 1 aromatic carbocycles. The van der Waals surface area contributed by atoms with Crippen molar-refractivity contribution in [1.82, 2.24) is 4.90 Å². The molecule has 0 spiro atoms. The van der Waals surface area contributed by atoms with Gasteiger partial charge in [0, 0.05) is 29.2 Å². The van der Waals surface area contributed by atoms with Crippen molar-refractivity contribution in [1.29, 1.82) is 0 Å². The number of likely N-dealkylation sites (N-methyl/N-ethyl adjacent to an activating group) is 2. The number of hydrogen-bond acceptors (Lipinski definition) is 3. The highest BCUT2D eigenvalue weighted by molar-refractivity contribution is 9.10. The third-order valence-corrected chi connectivity index (χ3v) is 3.80. The molecule has 0 heterocycles. The highest BCUT2D eigenvalue weighted by atomic mass is 79.9. The summed E-state index contributed by atoms with van der Waals surface area (Å²) in [4.78, 5) is 15.9. The highest BCUT2D eigenvalue weighted by Gasteiger charge is 2.16. The first-order valence-corrected chi connectivity index (χ1v) is 7.38. The summed E-state index contributed by atoms with van der Waals surface area (Å²) < 4.78 is 0.979. The number of nitrogens with zero attached hydrogens (tertiary/aromatic N) is 2. The second-order valence-electron chi connectivity index (χ2n) is 5.12. The predicted octanol–water partition coefficient (Wildman–Crippen LogP) is 3.43. The molecule has 4 heteroatoms. The maximum absolute atomic E-state index is 11.4. The number of halogens is 1. The molecule has 0 radical (unpaired) electrons. The van der Waals surface area contributed by atoms with E-state index in [2.05, 4.69) is 53.7 Å². The first kappa shape index (κ1) is 16.2. The van der Waals surface area contributed by atoms with E-state index in [9.17, 15) is 4.79 Å². The summed E-state index contributed by atoms with van der Waals surface area (Å²) in [5, 5.41) is 0. The van der Waals surface area contributed by atoms with Gasteiger partial charge in [-0.3, -0.25) is 4.79 Å².